The van der Waals surface area contributed by atoms with E-state index in [1.165, 1.54) is 25.7 Å². The zero-order valence-electron chi connectivity index (χ0n) is 10.7. The van der Waals surface area contributed by atoms with Gasteiger partial charge in [-0.25, -0.2) is 15.0 Å². The Balaban J connectivity index is 1.75. The van der Waals surface area contributed by atoms with Crippen LogP contribution in [-0.4, -0.2) is 45.2 Å². The molecule has 0 radical (unpaired) electrons. The van der Waals surface area contributed by atoms with Crippen molar-refractivity contribution < 1.29 is 4.74 Å². The zero-order chi connectivity index (χ0) is 12.7. The monoisotopic (exact) mass is 259 g/mol. The van der Waals surface area contributed by atoms with Crippen molar-refractivity contribution in [3.05, 3.63) is 12.7 Å². The van der Waals surface area contributed by atoms with Crippen LogP contribution < -0.4 is 4.90 Å². The van der Waals surface area contributed by atoms with Crippen molar-refractivity contribution in [1.29, 1.82) is 0 Å². The van der Waals surface area contributed by atoms with Gasteiger partial charge in [-0.2, -0.15) is 0 Å². The first-order chi connectivity index (χ1) is 9.43. The third-order valence-electron chi connectivity index (χ3n) is 4.21. The summed E-state index contributed by atoms with van der Waals surface area (Å²) >= 11 is 0. The zero-order valence-corrected chi connectivity index (χ0v) is 10.7. The van der Waals surface area contributed by atoms with Crippen LogP contribution in [0, 0.1) is 0 Å². The normalized spacial score (nSPS) is 27.5. The lowest BCUT2D eigenvalue weighted by Gasteiger charge is -2.44. The number of imidazole rings is 1. The van der Waals surface area contributed by atoms with Crippen molar-refractivity contribution in [3.63, 3.8) is 0 Å². The molecule has 0 spiro atoms. The van der Waals surface area contributed by atoms with Crippen LogP contribution in [0.5, 0.6) is 0 Å². The van der Waals surface area contributed by atoms with Crippen LogP contribution in [0.1, 0.15) is 25.7 Å². The quantitative estimate of drug-likeness (QED) is 0.840. The molecule has 2 aromatic heterocycles. The van der Waals surface area contributed by atoms with Gasteiger partial charge < -0.3 is 14.6 Å². The Morgan fingerprint density at radius 3 is 3.16 bits per heavy atom. The van der Waals surface area contributed by atoms with Crippen LogP contribution in [0.2, 0.25) is 0 Å². The summed E-state index contributed by atoms with van der Waals surface area (Å²) in [6.45, 7) is 1.67. The molecule has 1 N–H and O–H groups in total. The van der Waals surface area contributed by atoms with Crippen molar-refractivity contribution >= 4 is 17.0 Å². The van der Waals surface area contributed by atoms with Crippen molar-refractivity contribution in [3.8, 4) is 0 Å². The molecule has 2 fully saturated rings. The largest absolute Gasteiger partial charge is 0.374 e. The Morgan fingerprint density at radius 2 is 2.16 bits per heavy atom. The van der Waals surface area contributed by atoms with E-state index in [2.05, 4.69) is 24.8 Å². The fourth-order valence-electron chi connectivity index (χ4n) is 3.33. The summed E-state index contributed by atoms with van der Waals surface area (Å²) in [5.74, 6) is 0.975. The van der Waals surface area contributed by atoms with Crippen LogP contribution in [0.25, 0.3) is 11.2 Å². The minimum atomic E-state index is 0.357. The predicted octanol–water partition coefficient (Wildman–Crippen LogP) is 1.50. The van der Waals surface area contributed by atoms with Gasteiger partial charge in [-0.1, -0.05) is 12.8 Å². The molecule has 6 heteroatoms. The fourth-order valence-corrected chi connectivity index (χ4v) is 3.33. The molecule has 0 unspecified atom stereocenters. The van der Waals surface area contributed by atoms with Gasteiger partial charge in [0.15, 0.2) is 11.5 Å². The van der Waals surface area contributed by atoms with E-state index in [0.29, 0.717) is 12.1 Å². The van der Waals surface area contributed by atoms with Gasteiger partial charge in [0.25, 0.3) is 0 Å². The Morgan fingerprint density at radius 1 is 1.21 bits per heavy atom. The second kappa shape index (κ2) is 4.45. The highest BCUT2D eigenvalue weighted by Crippen LogP contribution is 2.32. The topological polar surface area (TPSA) is 66.9 Å². The number of fused-ring (bicyclic) bond motifs is 2. The van der Waals surface area contributed by atoms with Gasteiger partial charge >= 0.3 is 0 Å². The van der Waals surface area contributed by atoms with Gasteiger partial charge in [0.2, 0.25) is 0 Å². The minimum Gasteiger partial charge on any atom is -0.374 e. The third kappa shape index (κ3) is 1.78. The van der Waals surface area contributed by atoms with Gasteiger partial charge in [0, 0.05) is 6.54 Å². The molecule has 1 saturated heterocycles. The molecule has 3 heterocycles. The molecule has 2 aliphatic rings. The molecular weight excluding hydrogens is 242 g/mol. The molecule has 2 aromatic rings. The van der Waals surface area contributed by atoms with E-state index in [-0.39, 0.29) is 0 Å². The molecule has 0 aromatic carbocycles. The SMILES string of the molecule is c1nc(N2CCO[C@@H]3CCCC[C@H]32)c2[nH]cnc2n1. The van der Waals surface area contributed by atoms with E-state index in [0.717, 1.165) is 30.1 Å². The van der Waals surface area contributed by atoms with Gasteiger partial charge in [-0.05, 0) is 12.8 Å². The Labute approximate surface area is 111 Å². The van der Waals surface area contributed by atoms with Crippen LogP contribution >= 0.6 is 0 Å². The number of nitrogens with one attached hydrogen (secondary N) is 1. The number of morpholine rings is 1. The van der Waals surface area contributed by atoms with E-state index in [4.69, 9.17) is 4.74 Å². The van der Waals surface area contributed by atoms with Gasteiger partial charge in [0.05, 0.1) is 25.1 Å². The lowest BCUT2D eigenvalue weighted by atomic mass is 9.90. The summed E-state index contributed by atoms with van der Waals surface area (Å²) in [5, 5.41) is 0. The third-order valence-corrected chi connectivity index (χ3v) is 4.21. The van der Waals surface area contributed by atoms with Crippen LogP contribution in [0.15, 0.2) is 12.7 Å². The number of aromatic nitrogens is 4. The standard InChI is InChI=1S/C13H17N5O/c1-2-4-10-9(3-1)18(5-6-19-10)13-11-12(15-7-14-11)16-8-17-13/h7-10H,1-6H2,(H,14,15,16,17)/t9-,10-/m1/s1. The lowest BCUT2D eigenvalue weighted by molar-refractivity contribution is -0.00888. The number of rotatable bonds is 1. The highest BCUT2D eigenvalue weighted by molar-refractivity contribution is 5.82. The average molecular weight is 259 g/mol. The fraction of sp³-hybridized carbons (Fsp3) is 0.615. The number of H-pyrrole nitrogens is 1. The molecule has 100 valence electrons. The van der Waals surface area contributed by atoms with E-state index in [1.54, 1.807) is 12.7 Å². The van der Waals surface area contributed by atoms with Gasteiger partial charge in [-0.15, -0.1) is 0 Å². The number of hydrogen-bond acceptors (Lipinski definition) is 5. The van der Waals surface area contributed by atoms with Crippen molar-refractivity contribution in [2.45, 2.75) is 37.8 Å². The second-order valence-electron chi connectivity index (χ2n) is 5.25. The Bertz CT molecular complexity index is 581. The Hall–Kier alpha value is -1.69. The number of ether oxygens (including phenoxy) is 1. The van der Waals surface area contributed by atoms with E-state index >= 15 is 0 Å². The highest BCUT2D eigenvalue weighted by Gasteiger charge is 2.35. The molecule has 6 nitrogen and oxygen atoms in total. The molecule has 4 rings (SSSR count). The van der Waals surface area contributed by atoms with Crippen molar-refractivity contribution in [2.24, 2.45) is 0 Å². The van der Waals surface area contributed by atoms with Crippen molar-refractivity contribution in [1.82, 2.24) is 19.9 Å². The Kier molecular flexibility index (Phi) is 2.61. The number of aromatic amines is 1. The van der Waals surface area contributed by atoms with E-state index < -0.39 is 0 Å². The summed E-state index contributed by atoms with van der Waals surface area (Å²) in [6.07, 6.45) is 8.54. The highest BCUT2D eigenvalue weighted by atomic mass is 16.5. The second-order valence-corrected chi connectivity index (χ2v) is 5.25. The smallest absolute Gasteiger partial charge is 0.182 e. The van der Waals surface area contributed by atoms with Crippen LogP contribution in [0.3, 0.4) is 0 Å². The molecule has 19 heavy (non-hydrogen) atoms. The average Bonchev–Trinajstić information content (AvgIpc) is 2.95. The van der Waals surface area contributed by atoms with Gasteiger partial charge in [-0.3, -0.25) is 0 Å². The summed E-state index contributed by atoms with van der Waals surface area (Å²) < 4.78 is 5.92. The first-order valence-corrected chi connectivity index (χ1v) is 6.96. The van der Waals surface area contributed by atoms with Crippen molar-refractivity contribution in [2.75, 3.05) is 18.1 Å². The van der Waals surface area contributed by atoms with E-state index in [9.17, 15) is 0 Å². The molecule has 1 aliphatic heterocycles. The first kappa shape index (κ1) is 11.2. The molecule has 1 aliphatic carbocycles. The van der Waals surface area contributed by atoms with E-state index in [1.807, 2.05) is 0 Å². The van der Waals surface area contributed by atoms with Gasteiger partial charge in [0.1, 0.15) is 11.8 Å². The summed E-state index contributed by atoms with van der Waals surface area (Å²) in [4.78, 5) is 18.4. The molecule has 1 saturated carbocycles. The number of hydrogen-bond donors (Lipinski definition) is 1. The molecule has 0 amide bonds. The number of anilines is 1. The maximum Gasteiger partial charge on any atom is 0.182 e. The molecule has 0 bridgehead atoms. The number of nitrogens with zero attached hydrogens (tertiary/aromatic N) is 4. The molecule has 2 atom stereocenters. The maximum atomic E-state index is 5.92. The summed E-state index contributed by atoms with van der Waals surface area (Å²) in [7, 11) is 0. The maximum absolute atomic E-state index is 5.92. The molecular formula is C13H17N5O. The minimum absolute atomic E-state index is 0.357. The lowest BCUT2D eigenvalue weighted by Crippen LogP contribution is -2.53. The first-order valence-electron chi connectivity index (χ1n) is 6.96. The summed E-state index contributed by atoms with van der Waals surface area (Å²) in [5.41, 5.74) is 1.68. The van der Waals surface area contributed by atoms with Crippen LogP contribution in [-0.2, 0) is 4.74 Å². The predicted molar refractivity (Wildman–Crippen MR) is 71.0 cm³/mol. The van der Waals surface area contributed by atoms with Crippen LogP contribution in [0.4, 0.5) is 5.82 Å². The summed E-state index contributed by atoms with van der Waals surface area (Å²) in [6, 6.07) is 0.448.